The topological polar surface area (TPSA) is 58.9 Å². The highest BCUT2D eigenvalue weighted by atomic mass is 32.1. The van der Waals surface area contributed by atoms with Crippen molar-refractivity contribution >= 4 is 11.3 Å². The molecule has 0 saturated heterocycles. The monoisotopic (exact) mass is 170 g/mol. The van der Waals surface area contributed by atoms with Crippen LogP contribution in [0.2, 0.25) is 0 Å². The average Bonchev–Trinajstić information content (AvgIpc) is 2.31. The number of nitrogens with one attached hydrogen (secondary N) is 1. The van der Waals surface area contributed by atoms with Crippen molar-refractivity contribution in [2.24, 2.45) is 5.73 Å². The van der Waals surface area contributed by atoms with Crippen LogP contribution in [0.25, 0.3) is 0 Å². The molecule has 1 saturated carbocycles. The standard InChI is InChI=1S/C7H10N2OS/c8-7(2-1-3-7)5-4-9-6(10)11-5/h4H,1-3,8H2,(H,9,10). The molecule has 0 bridgehead atoms. The zero-order valence-corrected chi connectivity index (χ0v) is 6.91. The lowest BCUT2D eigenvalue weighted by Gasteiger charge is -2.36. The van der Waals surface area contributed by atoms with E-state index in [0.717, 1.165) is 17.7 Å². The van der Waals surface area contributed by atoms with Crippen LogP contribution in [-0.4, -0.2) is 4.98 Å². The van der Waals surface area contributed by atoms with Crippen molar-refractivity contribution in [1.82, 2.24) is 4.98 Å². The van der Waals surface area contributed by atoms with Gasteiger partial charge in [-0.15, -0.1) is 0 Å². The number of H-pyrrole nitrogens is 1. The molecule has 1 aliphatic carbocycles. The predicted molar refractivity (Wildman–Crippen MR) is 44.7 cm³/mol. The van der Waals surface area contributed by atoms with E-state index >= 15 is 0 Å². The minimum atomic E-state index is -0.177. The molecule has 0 unspecified atom stereocenters. The molecule has 0 aromatic carbocycles. The van der Waals surface area contributed by atoms with Crippen molar-refractivity contribution in [1.29, 1.82) is 0 Å². The van der Waals surface area contributed by atoms with Crippen LogP contribution >= 0.6 is 11.3 Å². The van der Waals surface area contributed by atoms with Gasteiger partial charge in [-0.3, -0.25) is 4.79 Å². The molecule has 3 nitrogen and oxygen atoms in total. The summed E-state index contributed by atoms with van der Waals surface area (Å²) in [5.41, 5.74) is 5.81. The lowest BCUT2D eigenvalue weighted by Crippen LogP contribution is -2.42. The highest BCUT2D eigenvalue weighted by molar-refractivity contribution is 7.09. The first-order valence-electron chi connectivity index (χ1n) is 3.69. The molecule has 0 spiro atoms. The highest BCUT2D eigenvalue weighted by Crippen LogP contribution is 2.39. The SMILES string of the molecule is NC1(c2c[nH]c(=O)s2)CCC1. The van der Waals surface area contributed by atoms with Crippen molar-refractivity contribution in [3.63, 3.8) is 0 Å². The molecule has 0 atom stereocenters. The molecular formula is C7H10N2OS. The lowest BCUT2D eigenvalue weighted by molar-refractivity contribution is 0.259. The molecule has 3 N–H and O–H groups in total. The van der Waals surface area contributed by atoms with Crippen LogP contribution < -0.4 is 10.6 Å². The Bertz CT molecular complexity index is 310. The predicted octanol–water partition coefficient (Wildman–Crippen LogP) is 0.774. The average molecular weight is 170 g/mol. The molecule has 11 heavy (non-hydrogen) atoms. The Morgan fingerprint density at radius 3 is 2.73 bits per heavy atom. The quantitative estimate of drug-likeness (QED) is 0.654. The fourth-order valence-corrected chi connectivity index (χ4v) is 2.18. The maximum absolute atomic E-state index is 10.8. The molecule has 4 heteroatoms. The Morgan fingerprint density at radius 2 is 2.36 bits per heavy atom. The van der Waals surface area contributed by atoms with E-state index in [9.17, 15) is 4.79 Å². The zero-order chi connectivity index (χ0) is 7.90. The number of aromatic amines is 1. The van der Waals surface area contributed by atoms with Crippen molar-refractivity contribution in [3.05, 3.63) is 20.7 Å². The van der Waals surface area contributed by atoms with Crippen molar-refractivity contribution in [3.8, 4) is 0 Å². The first-order valence-corrected chi connectivity index (χ1v) is 4.50. The fraction of sp³-hybridized carbons (Fsp3) is 0.571. The van der Waals surface area contributed by atoms with Crippen LogP contribution in [0.4, 0.5) is 0 Å². The number of aromatic nitrogens is 1. The van der Waals surface area contributed by atoms with E-state index in [1.54, 1.807) is 6.20 Å². The van der Waals surface area contributed by atoms with Gasteiger partial charge in [-0.05, 0) is 19.3 Å². The van der Waals surface area contributed by atoms with E-state index < -0.39 is 0 Å². The van der Waals surface area contributed by atoms with E-state index in [2.05, 4.69) is 4.98 Å². The second-order valence-electron chi connectivity index (χ2n) is 3.05. The summed E-state index contributed by atoms with van der Waals surface area (Å²) in [7, 11) is 0. The summed E-state index contributed by atoms with van der Waals surface area (Å²) in [4.78, 5) is 14.4. The zero-order valence-electron chi connectivity index (χ0n) is 6.09. The van der Waals surface area contributed by atoms with Crippen LogP contribution in [0.3, 0.4) is 0 Å². The molecule has 1 aromatic heterocycles. The summed E-state index contributed by atoms with van der Waals surface area (Å²) in [5.74, 6) is 0. The van der Waals surface area contributed by atoms with Gasteiger partial charge >= 0.3 is 4.87 Å². The molecule has 0 radical (unpaired) electrons. The summed E-state index contributed by atoms with van der Waals surface area (Å²) in [6, 6.07) is 0. The molecule has 1 aromatic rings. The Morgan fingerprint density at radius 1 is 1.64 bits per heavy atom. The van der Waals surface area contributed by atoms with E-state index in [0.29, 0.717) is 0 Å². The minimum absolute atomic E-state index is 0.00303. The second kappa shape index (κ2) is 2.19. The fourth-order valence-electron chi connectivity index (χ4n) is 1.33. The maximum Gasteiger partial charge on any atom is 0.304 e. The van der Waals surface area contributed by atoms with Crippen LogP contribution in [-0.2, 0) is 5.54 Å². The lowest BCUT2D eigenvalue weighted by atomic mass is 9.77. The summed E-state index contributed by atoms with van der Waals surface area (Å²) in [6.07, 6.45) is 4.95. The molecular weight excluding hydrogens is 160 g/mol. The molecule has 2 rings (SSSR count). The molecule has 1 heterocycles. The van der Waals surface area contributed by atoms with Gasteiger partial charge in [0.15, 0.2) is 0 Å². The molecule has 1 fully saturated rings. The Labute approximate surface area is 68.2 Å². The maximum atomic E-state index is 10.8. The molecule has 0 amide bonds. The highest BCUT2D eigenvalue weighted by Gasteiger charge is 2.35. The van der Waals surface area contributed by atoms with E-state index in [1.807, 2.05) is 0 Å². The van der Waals surface area contributed by atoms with Gasteiger partial charge in [0.1, 0.15) is 0 Å². The van der Waals surface area contributed by atoms with Gasteiger partial charge in [0, 0.05) is 11.1 Å². The Kier molecular flexibility index (Phi) is 1.40. The molecule has 1 aliphatic rings. The third-order valence-electron chi connectivity index (χ3n) is 2.26. The van der Waals surface area contributed by atoms with Crippen LogP contribution in [0.5, 0.6) is 0 Å². The van der Waals surface area contributed by atoms with E-state index in [1.165, 1.54) is 17.8 Å². The smallest absolute Gasteiger partial charge is 0.304 e. The van der Waals surface area contributed by atoms with Gasteiger partial charge < -0.3 is 10.7 Å². The van der Waals surface area contributed by atoms with Gasteiger partial charge in [-0.25, -0.2) is 0 Å². The normalized spacial score (nSPS) is 21.2. The number of rotatable bonds is 1. The minimum Gasteiger partial charge on any atom is -0.321 e. The third kappa shape index (κ3) is 1.02. The number of thiazole rings is 1. The number of nitrogens with two attached hydrogens (primary N) is 1. The number of hydrogen-bond donors (Lipinski definition) is 2. The molecule has 60 valence electrons. The van der Waals surface area contributed by atoms with Crippen LogP contribution in [0.1, 0.15) is 24.1 Å². The van der Waals surface area contributed by atoms with Gasteiger partial charge in [0.2, 0.25) is 0 Å². The van der Waals surface area contributed by atoms with Crippen molar-refractivity contribution in [2.75, 3.05) is 0 Å². The van der Waals surface area contributed by atoms with E-state index in [-0.39, 0.29) is 10.4 Å². The van der Waals surface area contributed by atoms with Gasteiger partial charge in [-0.2, -0.15) is 0 Å². The first kappa shape index (κ1) is 7.06. The van der Waals surface area contributed by atoms with Crippen molar-refractivity contribution < 1.29 is 0 Å². The van der Waals surface area contributed by atoms with Crippen molar-refractivity contribution in [2.45, 2.75) is 24.8 Å². The Balaban J connectivity index is 2.35. The molecule has 0 aliphatic heterocycles. The third-order valence-corrected chi connectivity index (χ3v) is 3.31. The van der Waals surface area contributed by atoms with Crippen LogP contribution in [0.15, 0.2) is 11.0 Å². The summed E-state index contributed by atoms with van der Waals surface area (Å²) < 4.78 is 0. The van der Waals surface area contributed by atoms with Crippen LogP contribution in [0, 0.1) is 0 Å². The van der Waals surface area contributed by atoms with Gasteiger partial charge in [0.05, 0.1) is 5.54 Å². The summed E-state index contributed by atoms with van der Waals surface area (Å²) in [6.45, 7) is 0. The van der Waals surface area contributed by atoms with Gasteiger partial charge in [0.25, 0.3) is 0 Å². The van der Waals surface area contributed by atoms with Gasteiger partial charge in [-0.1, -0.05) is 11.3 Å². The summed E-state index contributed by atoms with van der Waals surface area (Å²) >= 11 is 1.23. The second-order valence-corrected chi connectivity index (χ2v) is 4.07. The summed E-state index contributed by atoms with van der Waals surface area (Å²) in [5, 5.41) is 0. The number of hydrogen-bond acceptors (Lipinski definition) is 3. The Hall–Kier alpha value is -0.610. The largest absolute Gasteiger partial charge is 0.321 e. The van der Waals surface area contributed by atoms with E-state index in [4.69, 9.17) is 5.73 Å². The first-order chi connectivity index (χ1) is 5.21.